The fraction of sp³-hybridized carbons (Fsp3) is 0.417. The number of rotatable bonds is 3. The van der Waals surface area contributed by atoms with Gasteiger partial charge in [-0.2, -0.15) is 0 Å². The van der Waals surface area contributed by atoms with Crippen molar-refractivity contribution in [1.82, 2.24) is 10.6 Å². The molecule has 1 aromatic rings. The normalized spacial score (nSPS) is 18.7. The Morgan fingerprint density at radius 2 is 2.28 bits per heavy atom. The van der Waals surface area contributed by atoms with E-state index in [1.54, 1.807) is 0 Å². The largest absolute Gasteiger partial charge is 0.338 e. The number of anilines is 1. The molecule has 0 saturated carbocycles. The van der Waals surface area contributed by atoms with Crippen molar-refractivity contribution in [3.05, 3.63) is 29.8 Å². The van der Waals surface area contributed by atoms with Crippen LogP contribution in [-0.2, 0) is 0 Å². The van der Waals surface area contributed by atoms with Gasteiger partial charge in [0.2, 0.25) is 0 Å². The van der Waals surface area contributed by atoms with Crippen LogP contribution in [0.1, 0.15) is 6.42 Å². The zero-order chi connectivity index (χ0) is 13.0. The molecule has 0 spiro atoms. The van der Waals surface area contributed by atoms with Crippen molar-refractivity contribution < 1.29 is 13.6 Å². The molecular formula is C12H15F2N3O. The first kappa shape index (κ1) is 12.8. The Labute approximate surface area is 104 Å². The lowest BCUT2D eigenvalue weighted by Crippen LogP contribution is -2.33. The van der Waals surface area contributed by atoms with Crippen molar-refractivity contribution in [2.24, 2.45) is 5.92 Å². The van der Waals surface area contributed by atoms with Crippen molar-refractivity contribution in [1.29, 1.82) is 0 Å². The van der Waals surface area contributed by atoms with E-state index in [-0.39, 0.29) is 5.69 Å². The summed E-state index contributed by atoms with van der Waals surface area (Å²) in [5.41, 5.74) is -0.0292. The van der Waals surface area contributed by atoms with Crippen molar-refractivity contribution in [2.75, 3.05) is 25.0 Å². The average molecular weight is 255 g/mol. The van der Waals surface area contributed by atoms with Crippen molar-refractivity contribution in [3.8, 4) is 0 Å². The van der Waals surface area contributed by atoms with Gasteiger partial charge in [0.1, 0.15) is 11.6 Å². The second-order valence-electron chi connectivity index (χ2n) is 4.32. The molecule has 1 fully saturated rings. The second kappa shape index (κ2) is 5.77. The highest BCUT2D eigenvalue weighted by molar-refractivity contribution is 5.89. The van der Waals surface area contributed by atoms with Gasteiger partial charge < -0.3 is 16.0 Å². The summed E-state index contributed by atoms with van der Waals surface area (Å²) in [7, 11) is 0. The Morgan fingerprint density at radius 3 is 2.94 bits per heavy atom. The summed E-state index contributed by atoms with van der Waals surface area (Å²) in [4.78, 5) is 11.5. The number of hydrogen-bond donors (Lipinski definition) is 3. The Balaban J connectivity index is 1.82. The SMILES string of the molecule is O=C(NCC1CCNC1)Nc1ccc(F)cc1F. The molecule has 1 aromatic carbocycles. The fourth-order valence-corrected chi connectivity index (χ4v) is 1.88. The van der Waals surface area contributed by atoms with Gasteiger partial charge in [0.05, 0.1) is 5.69 Å². The Bertz CT molecular complexity index is 433. The summed E-state index contributed by atoms with van der Waals surface area (Å²) < 4.78 is 25.9. The third kappa shape index (κ3) is 3.40. The minimum Gasteiger partial charge on any atom is -0.338 e. The first-order valence-electron chi connectivity index (χ1n) is 5.86. The number of hydrogen-bond acceptors (Lipinski definition) is 2. The smallest absolute Gasteiger partial charge is 0.319 e. The summed E-state index contributed by atoms with van der Waals surface area (Å²) in [6, 6.07) is 2.55. The third-order valence-electron chi connectivity index (χ3n) is 2.89. The van der Waals surface area contributed by atoms with E-state index in [9.17, 15) is 13.6 Å². The highest BCUT2D eigenvalue weighted by Gasteiger charge is 2.15. The van der Waals surface area contributed by atoms with Crippen LogP contribution in [0, 0.1) is 17.6 Å². The van der Waals surface area contributed by atoms with Gasteiger partial charge in [-0.15, -0.1) is 0 Å². The number of amides is 2. The first-order valence-corrected chi connectivity index (χ1v) is 5.86. The lowest BCUT2D eigenvalue weighted by molar-refractivity contribution is 0.250. The zero-order valence-corrected chi connectivity index (χ0v) is 9.80. The number of nitrogens with one attached hydrogen (secondary N) is 3. The minimum absolute atomic E-state index is 0.0292. The molecule has 2 amide bonds. The van der Waals surface area contributed by atoms with Crippen LogP contribution in [-0.4, -0.2) is 25.7 Å². The molecular weight excluding hydrogens is 240 g/mol. The van der Waals surface area contributed by atoms with E-state index in [2.05, 4.69) is 16.0 Å². The van der Waals surface area contributed by atoms with Crippen LogP contribution in [0.25, 0.3) is 0 Å². The van der Waals surface area contributed by atoms with Gasteiger partial charge in [-0.3, -0.25) is 0 Å². The molecule has 1 aliphatic rings. The maximum absolute atomic E-state index is 13.3. The van der Waals surface area contributed by atoms with Crippen LogP contribution in [0.2, 0.25) is 0 Å². The van der Waals surface area contributed by atoms with Crippen LogP contribution in [0.15, 0.2) is 18.2 Å². The molecule has 98 valence electrons. The van der Waals surface area contributed by atoms with Gasteiger partial charge in [-0.25, -0.2) is 13.6 Å². The van der Waals surface area contributed by atoms with Gasteiger partial charge in [0, 0.05) is 12.6 Å². The summed E-state index contributed by atoms with van der Waals surface area (Å²) in [5, 5.41) is 8.20. The molecule has 3 N–H and O–H groups in total. The van der Waals surface area contributed by atoms with E-state index in [1.807, 2.05) is 0 Å². The predicted molar refractivity (Wildman–Crippen MR) is 64.4 cm³/mol. The zero-order valence-electron chi connectivity index (χ0n) is 9.80. The molecule has 6 heteroatoms. The molecule has 1 atom stereocenters. The van der Waals surface area contributed by atoms with Gasteiger partial charge in [0.25, 0.3) is 0 Å². The van der Waals surface area contributed by atoms with Crippen molar-refractivity contribution in [2.45, 2.75) is 6.42 Å². The molecule has 0 aromatic heterocycles. The van der Waals surface area contributed by atoms with E-state index in [4.69, 9.17) is 0 Å². The monoisotopic (exact) mass is 255 g/mol. The van der Waals surface area contributed by atoms with Gasteiger partial charge >= 0.3 is 6.03 Å². The quantitative estimate of drug-likeness (QED) is 0.770. The minimum atomic E-state index is -0.785. The van der Waals surface area contributed by atoms with Crippen LogP contribution in [0.4, 0.5) is 19.3 Å². The molecule has 1 heterocycles. The summed E-state index contributed by atoms with van der Waals surface area (Å²) in [5.74, 6) is -1.04. The van der Waals surface area contributed by atoms with E-state index < -0.39 is 17.7 Å². The van der Waals surface area contributed by atoms with Gasteiger partial charge in [-0.05, 0) is 37.6 Å². The Kier molecular flexibility index (Phi) is 4.09. The predicted octanol–water partition coefficient (Wildman–Crippen LogP) is 1.70. The van der Waals surface area contributed by atoms with E-state index >= 15 is 0 Å². The Morgan fingerprint density at radius 1 is 1.44 bits per heavy atom. The molecule has 1 unspecified atom stereocenters. The topological polar surface area (TPSA) is 53.2 Å². The van der Waals surface area contributed by atoms with Crippen LogP contribution in [0.3, 0.4) is 0 Å². The number of carbonyl (C=O) groups excluding carboxylic acids is 1. The molecule has 0 bridgehead atoms. The number of carbonyl (C=O) groups is 1. The van der Waals surface area contributed by atoms with Crippen LogP contribution >= 0.6 is 0 Å². The fourth-order valence-electron chi connectivity index (χ4n) is 1.88. The molecule has 0 aliphatic carbocycles. The van der Waals surface area contributed by atoms with Gasteiger partial charge in [-0.1, -0.05) is 0 Å². The molecule has 1 saturated heterocycles. The second-order valence-corrected chi connectivity index (χ2v) is 4.32. The van der Waals surface area contributed by atoms with Crippen LogP contribution in [0.5, 0.6) is 0 Å². The number of benzene rings is 1. The third-order valence-corrected chi connectivity index (χ3v) is 2.89. The maximum Gasteiger partial charge on any atom is 0.319 e. The summed E-state index contributed by atoms with van der Waals surface area (Å²) in [6.07, 6.45) is 1.02. The number of urea groups is 1. The summed E-state index contributed by atoms with van der Waals surface area (Å²) in [6.45, 7) is 2.38. The molecule has 18 heavy (non-hydrogen) atoms. The van der Waals surface area contributed by atoms with Crippen molar-refractivity contribution in [3.63, 3.8) is 0 Å². The van der Waals surface area contributed by atoms with Crippen LogP contribution < -0.4 is 16.0 Å². The number of halogens is 2. The summed E-state index contributed by atoms with van der Waals surface area (Å²) >= 11 is 0. The molecule has 4 nitrogen and oxygen atoms in total. The molecule has 0 radical (unpaired) electrons. The first-order chi connectivity index (χ1) is 8.65. The van der Waals surface area contributed by atoms with Crippen molar-refractivity contribution >= 4 is 11.7 Å². The maximum atomic E-state index is 13.3. The van der Waals surface area contributed by atoms with E-state index in [0.29, 0.717) is 12.5 Å². The highest BCUT2D eigenvalue weighted by Crippen LogP contribution is 2.14. The van der Waals surface area contributed by atoms with Gasteiger partial charge in [0.15, 0.2) is 0 Å². The standard InChI is InChI=1S/C12H15F2N3O/c13-9-1-2-11(10(14)5-9)17-12(18)16-7-8-3-4-15-6-8/h1-2,5,8,15H,3-4,6-7H2,(H2,16,17,18). The highest BCUT2D eigenvalue weighted by atomic mass is 19.1. The van der Waals surface area contributed by atoms with E-state index in [0.717, 1.165) is 31.6 Å². The van der Waals surface area contributed by atoms with E-state index in [1.165, 1.54) is 6.07 Å². The lowest BCUT2D eigenvalue weighted by atomic mass is 10.1. The molecule has 2 rings (SSSR count). The average Bonchev–Trinajstić information content (AvgIpc) is 2.83. The molecule has 1 aliphatic heterocycles. The Hall–Kier alpha value is -1.69. The lowest BCUT2D eigenvalue weighted by Gasteiger charge is -2.11.